The van der Waals surface area contributed by atoms with Gasteiger partial charge in [-0.2, -0.15) is 0 Å². The van der Waals surface area contributed by atoms with Crippen molar-refractivity contribution in [1.29, 1.82) is 0 Å². The zero-order chi connectivity index (χ0) is 22.8. The second-order valence-electron chi connectivity index (χ2n) is 9.07. The summed E-state index contributed by atoms with van der Waals surface area (Å²) in [5, 5.41) is 12.1. The van der Waals surface area contributed by atoms with Crippen molar-refractivity contribution in [2.24, 2.45) is 5.92 Å². The fourth-order valence-corrected chi connectivity index (χ4v) is 5.22. The molecule has 1 fully saturated rings. The number of aromatic nitrogens is 1. The summed E-state index contributed by atoms with van der Waals surface area (Å²) in [4.78, 5) is 7.01. The Morgan fingerprint density at radius 1 is 1.12 bits per heavy atom. The van der Waals surface area contributed by atoms with Crippen LogP contribution in [0, 0.1) is 5.92 Å². The van der Waals surface area contributed by atoms with Crippen LogP contribution in [-0.4, -0.2) is 34.6 Å². The number of hydrogen-bond acceptors (Lipinski definition) is 4. The molecule has 0 aliphatic carbocycles. The van der Waals surface area contributed by atoms with E-state index in [1.54, 1.807) is 0 Å². The summed E-state index contributed by atoms with van der Waals surface area (Å²) in [6, 6.07) is 20.0. The monoisotopic (exact) mass is 460 g/mol. The maximum absolute atomic E-state index is 11.4. The number of para-hydroxylation sites is 1. The minimum atomic E-state index is -0.804. The largest absolute Gasteiger partial charge is 0.487 e. The Labute approximate surface area is 200 Å². The number of pyridine rings is 1. The van der Waals surface area contributed by atoms with Crippen molar-refractivity contribution in [3.63, 3.8) is 0 Å². The van der Waals surface area contributed by atoms with E-state index in [2.05, 4.69) is 41.1 Å². The predicted octanol–water partition coefficient (Wildman–Crippen LogP) is 5.68. The smallest absolute Gasteiger partial charge is 0.131 e. The van der Waals surface area contributed by atoms with Crippen molar-refractivity contribution in [1.82, 2.24) is 9.88 Å². The van der Waals surface area contributed by atoms with Gasteiger partial charge >= 0.3 is 0 Å². The van der Waals surface area contributed by atoms with Gasteiger partial charge in [-0.05, 0) is 48.2 Å². The van der Waals surface area contributed by atoms with Gasteiger partial charge < -0.3 is 14.7 Å². The lowest BCUT2D eigenvalue weighted by Crippen LogP contribution is -2.49. The molecule has 0 amide bonds. The molecular weight excluding hydrogens is 432 g/mol. The van der Waals surface area contributed by atoms with Gasteiger partial charge in [0.05, 0.1) is 11.3 Å². The van der Waals surface area contributed by atoms with Gasteiger partial charge in [0, 0.05) is 47.9 Å². The molecule has 1 N–H and O–H groups in total. The summed E-state index contributed by atoms with van der Waals surface area (Å²) < 4.78 is 6.04. The standard InChI is InChI=1S/C28H29ClN2O2/c1-20-18-31(17-14-28(20,32)21-10-12-22(29)13-11-21)16-5-8-23-24-7-4-15-30-26(24)19-33-27-9-3-2-6-25(23)27/h2-4,6-13,15,20,32H,5,14,16-19H2,1H3. The van der Waals surface area contributed by atoms with Crippen molar-refractivity contribution in [3.8, 4) is 5.75 Å². The van der Waals surface area contributed by atoms with E-state index in [1.807, 2.05) is 48.7 Å². The third-order valence-corrected chi connectivity index (χ3v) is 7.27. The molecule has 4 nitrogen and oxygen atoms in total. The Morgan fingerprint density at radius 2 is 1.91 bits per heavy atom. The number of hydrogen-bond donors (Lipinski definition) is 1. The Hall–Kier alpha value is -2.66. The fraction of sp³-hybridized carbons (Fsp3) is 0.321. The number of fused-ring (bicyclic) bond motifs is 2. The lowest BCUT2D eigenvalue weighted by atomic mass is 9.77. The molecule has 3 aromatic rings. The first-order chi connectivity index (χ1) is 16.0. The molecular formula is C28H29ClN2O2. The van der Waals surface area contributed by atoms with Crippen LogP contribution < -0.4 is 4.74 Å². The molecule has 2 aliphatic heterocycles. The van der Waals surface area contributed by atoms with E-state index >= 15 is 0 Å². The van der Waals surface area contributed by atoms with E-state index in [1.165, 1.54) is 5.57 Å². The molecule has 2 aliphatic rings. The van der Waals surface area contributed by atoms with Crippen molar-refractivity contribution >= 4 is 17.2 Å². The normalized spacial score (nSPS) is 24.0. The number of rotatable bonds is 4. The fourth-order valence-electron chi connectivity index (χ4n) is 5.09. The first-order valence-corrected chi connectivity index (χ1v) is 12.0. The molecule has 1 aromatic heterocycles. The number of ether oxygens (including phenoxy) is 1. The van der Waals surface area contributed by atoms with E-state index < -0.39 is 5.60 Å². The Morgan fingerprint density at radius 3 is 2.73 bits per heavy atom. The number of nitrogens with zero attached hydrogens (tertiary/aromatic N) is 2. The summed E-state index contributed by atoms with van der Waals surface area (Å²) in [6.45, 7) is 5.30. The van der Waals surface area contributed by atoms with Crippen molar-refractivity contribution < 1.29 is 9.84 Å². The number of piperidine rings is 1. The molecule has 5 heteroatoms. The van der Waals surface area contributed by atoms with Crippen LogP contribution in [0.5, 0.6) is 5.75 Å². The number of likely N-dealkylation sites (tertiary alicyclic amines) is 1. The first kappa shape index (κ1) is 22.1. The highest BCUT2D eigenvalue weighted by atomic mass is 35.5. The lowest BCUT2D eigenvalue weighted by molar-refractivity contribution is -0.0706. The van der Waals surface area contributed by atoms with E-state index in [4.69, 9.17) is 16.3 Å². The van der Waals surface area contributed by atoms with Crippen molar-refractivity contribution in [2.45, 2.75) is 32.0 Å². The van der Waals surface area contributed by atoms with Crippen LogP contribution in [0.25, 0.3) is 5.57 Å². The average Bonchev–Trinajstić information content (AvgIpc) is 2.99. The number of halogens is 1. The molecule has 2 unspecified atom stereocenters. The van der Waals surface area contributed by atoms with Gasteiger partial charge in [-0.15, -0.1) is 0 Å². The first-order valence-electron chi connectivity index (χ1n) is 11.6. The summed E-state index contributed by atoms with van der Waals surface area (Å²) in [5.41, 5.74) is 4.58. The molecule has 3 heterocycles. The molecule has 2 atom stereocenters. The zero-order valence-corrected chi connectivity index (χ0v) is 19.6. The second kappa shape index (κ2) is 9.30. The van der Waals surface area contributed by atoms with Crippen LogP contribution in [0.2, 0.25) is 5.02 Å². The van der Waals surface area contributed by atoms with Gasteiger partial charge in [0.1, 0.15) is 12.4 Å². The summed E-state index contributed by atoms with van der Waals surface area (Å²) in [7, 11) is 0. The van der Waals surface area contributed by atoms with E-state index in [0.717, 1.165) is 60.6 Å². The minimum Gasteiger partial charge on any atom is -0.487 e. The number of aliphatic hydroxyl groups is 1. The van der Waals surface area contributed by atoms with Crippen LogP contribution in [0.4, 0.5) is 0 Å². The van der Waals surface area contributed by atoms with Crippen molar-refractivity contribution in [3.05, 3.63) is 100 Å². The van der Waals surface area contributed by atoms with Gasteiger partial charge in [-0.25, -0.2) is 0 Å². The molecule has 0 bridgehead atoms. The predicted molar refractivity (Wildman–Crippen MR) is 132 cm³/mol. The van der Waals surface area contributed by atoms with Gasteiger partial charge in [0.15, 0.2) is 0 Å². The number of benzene rings is 2. The summed E-state index contributed by atoms with van der Waals surface area (Å²) in [5.74, 6) is 1.04. The maximum Gasteiger partial charge on any atom is 0.131 e. The highest BCUT2D eigenvalue weighted by Gasteiger charge is 2.40. The summed E-state index contributed by atoms with van der Waals surface area (Å²) in [6.07, 6.45) is 5.78. The molecule has 33 heavy (non-hydrogen) atoms. The minimum absolute atomic E-state index is 0.136. The molecule has 1 saturated heterocycles. The molecule has 170 valence electrons. The SMILES string of the molecule is CC1CN(CCC=C2c3ccccc3OCc3ncccc32)CCC1(O)c1ccc(Cl)cc1. The van der Waals surface area contributed by atoms with E-state index in [9.17, 15) is 5.11 Å². The topological polar surface area (TPSA) is 45.6 Å². The highest BCUT2D eigenvalue weighted by molar-refractivity contribution is 6.30. The van der Waals surface area contributed by atoms with Crippen LogP contribution >= 0.6 is 11.6 Å². The molecule has 2 aromatic carbocycles. The third-order valence-electron chi connectivity index (χ3n) is 7.02. The van der Waals surface area contributed by atoms with Gasteiger partial charge in [0.25, 0.3) is 0 Å². The maximum atomic E-state index is 11.4. The zero-order valence-electron chi connectivity index (χ0n) is 18.9. The molecule has 0 spiro atoms. The Balaban J connectivity index is 1.31. The average molecular weight is 461 g/mol. The van der Waals surface area contributed by atoms with E-state index in [-0.39, 0.29) is 5.92 Å². The van der Waals surface area contributed by atoms with Gasteiger partial charge in [0.2, 0.25) is 0 Å². The lowest BCUT2D eigenvalue weighted by Gasteiger charge is -2.43. The van der Waals surface area contributed by atoms with E-state index in [0.29, 0.717) is 11.6 Å². The quantitative estimate of drug-likeness (QED) is 0.544. The van der Waals surface area contributed by atoms with Gasteiger partial charge in [-0.3, -0.25) is 4.98 Å². The van der Waals surface area contributed by atoms with Crippen LogP contribution in [0.1, 0.15) is 42.1 Å². The van der Waals surface area contributed by atoms with Gasteiger partial charge in [-0.1, -0.05) is 61.0 Å². The summed E-state index contributed by atoms with van der Waals surface area (Å²) >= 11 is 6.04. The Bertz CT molecular complexity index is 1110. The van der Waals surface area contributed by atoms with Crippen LogP contribution in [0.15, 0.2) is 72.9 Å². The third kappa shape index (κ3) is 4.43. The van der Waals surface area contributed by atoms with Crippen LogP contribution in [0.3, 0.4) is 0 Å². The second-order valence-corrected chi connectivity index (χ2v) is 9.51. The van der Waals surface area contributed by atoms with Crippen molar-refractivity contribution in [2.75, 3.05) is 19.6 Å². The molecule has 0 radical (unpaired) electrons. The Kier molecular flexibility index (Phi) is 6.24. The van der Waals surface area contributed by atoms with Crippen LogP contribution in [-0.2, 0) is 12.2 Å². The molecule has 5 rings (SSSR count). The molecule has 0 saturated carbocycles. The highest BCUT2D eigenvalue weighted by Crippen LogP contribution is 2.38.